The molecule has 0 aliphatic heterocycles. The average molecular weight is 327 g/mol. The summed E-state index contributed by atoms with van der Waals surface area (Å²) < 4.78 is 5.04. The molecule has 2 aromatic rings. The third-order valence-corrected chi connectivity index (χ3v) is 2.99. The van der Waals surface area contributed by atoms with Crippen molar-refractivity contribution in [3.05, 3.63) is 60.1 Å². The SMILES string of the molecule is CCC(=O)Nc1ccc(C(=O)NNC(=O)/C=C/c2ccco2)cc1. The molecule has 1 heterocycles. The van der Waals surface area contributed by atoms with Crippen molar-refractivity contribution in [2.75, 3.05) is 5.32 Å². The number of anilines is 1. The van der Waals surface area contributed by atoms with E-state index in [1.165, 1.54) is 18.4 Å². The molecule has 1 aromatic heterocycles. The van der Waals surface area contributed by atoms with Gasteiger partial charge in [0.1, 0.15) is 5.76 Å². The van der Waals surface area contributed by atoms with E-state index in [-0.39, 0.29) is 5.91 Å². The van der Waals surface area contributed by atoms with Gasteiger partial charge in [0.15, 0.2) is 0 Å². The number of furan rings is 1. The van der Waals surface area contributed by atoms with Crippen LogP contribution in [0.2, 0.25) is 0 Å². The normalized spacial score (nSPS) is 10.4. The Morgan fingerprint density at radius 3 is 2.46 bits per heavy atom. The third-order valence-electron chi connectivity index (χ3n) is 2.99. The number of hydrazine groups is 1. The predicted molar refractivity (Wildman–Crippen MR) is 88.7 cm³/mol. The summed E-state index contributed by atoms with van der Waals surface area (Å²) in [4.78, 5) is 34.8. The van der Waals surface area contributed by atoms with Crippen molar-refractivity contribution in [1.29, 1.82) is 0 Å². The van der Waals surface area contributed by atoms with Crippen LogP contribution in [-0.4, -0.2) is 17.7 Å². The molecule has 124 valence electrons. The average Bonchev–Trinajstić information content (AvgIpc) is 3.12. The summed E-state index contributed by atoms with van der Waals surface area (Å²) in [6.45, 7) is 1.75. The molecule has 0 spiro atoms. The molecule has 24 heavy (non-hydrogen) atoms. The van der Waals surface area contributed by atoms with E-state index < -0.39 is 11.8 Å². The quantitative estimate of drug-likeness (QED) is 0.578. The zero-order valence-corrected chi connectivity index (χ0v) is 13.0. The van der Waals surface area contributed by atoms with Gasteiger partial charge in [-0.15, -0.1) is 0 Å². The maximum absolute atomic E-state index is 11.9. The second-order valence-corrected chi connectivity index (χ2v) is 4.77. The first-order chi connectivity index (χ1) is 11.6. The van der Waals surface area contributed by atoms with E-state index in [1.807, 2.05) is 0 Å². The van der Waals surface area contributed by atoms with Gasteiger partial charge in [0.25, 0.3) is 11.8 Å². The smallest absolute Gasteiger partial charge is 0.269 e. The molecular weight excluding hydrogens is 310 g/mol. The highest BCUT2D eigenvalue weighted by atomic mass is 16.3. The fourth-order valence-corrected chi connectivity index (χ4v) is 1.73. The molecule has 0 radical (unpaired) electrons. The van der Waals surface area contributed by atoms with Crippen molar-refractivity contribution in [3.8, 4) is 0 Å². The van der Waals surface area contributed by atoms with Crippen LogP contribution in [0.25, 0.3) is 6.08 Å². The van der Waals surface area contributed by atoms with Crippen LogP contribution in [0, 0.1) is 0 Å². The first-order valence-corrected chi connectivity index (χ1v) is 7.30. The van der Waals surface area contributed by atoms with Gasteiger partial charge in [-0.3, -0.25) is 25.2 Å². The fraction of sp³-hybridized carbons (Fsp3) is 0.118. The minimum absolute atomic E-state index is 0.109. The summed E-state index contributed by atoms with van der Waals surface area (Å²) in [6.07, 6.45) is 4.58. The molecule has 0 saturated carbocycles. The van der Waals surface area contributed by atoms with Gasteiger partial charge in [0, 0.05) is 23.7 Å². The van der Waals surface area contributed by atoms with Crippen LogP contribution in [0.4, 0.5) is 5.69 Å². The molecule has 3 N–H and O–H groups in total. The largest absolute Gasteiger partial charge is 0.465 e. The Kier molecular flexibility index (Phi) is 5.90. The molecular formula is C17H17N3O4. The van der Waals surface area contributed by atoms with E-state index in [2.05, 4.69) is 16.2 Å². The molecule has 0 bridgehead atoms. The van der Waals surface area contributed by atoms with Crippen molar-refractivity contribution in [1.82, 2.24) is 10.9 Å². The predicted octanol–water partition coefficient (Wildman–Crippen LogP) is 2.10. The Balaban J connectivity index is 1.83. The zero-order chi connectivity index (χ0) is 17.4. The Bertz CT molecular complexity index is 734. The molecule has 7 heteroatoms. The van der Waals surface area contributed by atoms with Crippen molar-refractivity contribution in [2.45, 2.75) is 13.3 Å². The maximum atomic E-state index is 11.9. The minimum atomic E-state index is -0.494. The molecule has 7 nitrogen and oxygen atoms in total. The summed E-state index contributed by atoms with van der Waals surface area (Å²) in [5.74, 6) is -0.543. The van der Waals surface area contributed by atoms with Crippen LogP contribution in [0.1, 0.15) is 29.5 Å². The number of nitrogens with one attached hydrogen (secondary N) is 3. The molecule has 0 saturated heterocycles. The van der Waals surface area contributed by atoms with E-state index in [0.717, 1.165) is 0 Å². The molecule has 0 fully saturated rings. The first-order valence-electron chi connectivity index (χ1n) is 7.30. The number of rotatable bonds is 5. The molecule has 0 aliphatic rings. The molecule has 0 aliphatic carbocycles. The van der Waals surface area contributed by atoms with Gasteiger partial charge in [-0.05, 0) is 42.5 Å². The monoisotopic (exact) mass is 327 g/mol. The number of carbonyl (C=O) groups excluding carboxylic acids is 3. The van der Waals surface area contributed by atoms with Gasteiger partial charge in [-0.2, -0.15) is 0 Å². The van der Waals surface area contributed by atoms with E-state index in [4.69, 9.17) is 4.42 Å². The number of hydrogen-bond donors (Lipinski definition) is 3. The molecule has 2 rings (SSSR count). The first kappa shape index (κ1) is 17.0. The zero-order valence-electron chi connectivity index (χ0n) is 13.0. The number of benzene rings is 1. The minimum Gasteiger partial charge on any atom is -0.465 e. The van der Waals surface area contributed by atoms with Gasteiger partial charge in [-0.25, -0.2) is 0 Å². The van der Waals surface area contributed by atoms with Crippen LogP contribution < -0.4 is 16.2 Å². The highest BCUT2D eigenvalue weighted by Crippen LogP contribution is 2.09. The highest BCUT2D eigenvalue weighted by Gasteiger charge is 2.07. The Morgan fingerprint density at radius 2 is 1.83 bits per heavy atom. The molecule has 1 aromatic carbocycles. The lowest BCUT2D eigenvalue weighted by atomic mass is 10.2. The lowest BCUT2D eigenvalue weighted by Gasteiger charge is -2.07. The molecule has 0 atom stereocenters. The van der Waals surface area contributed by atoms with E-state index >= 15 is 0 Å². The standard InChI is InChI=1S/C17H17N3O4/c1-2-15(21)18-13-7-5-12(6-8-13)17(23)20-19-16(22)10-9-14-4-3-11-24-14/h3-11H,2H2,1H3,(H,18,21)(H,19,22)(H,20,23)/b10-9+. The lowest BCUT2D eigenvalue weighted by Crippen LogP contribution is -2.40. The number of carbonyl (C=O) groups is 3. The van der Waals surface area contributed by atoms with E-state index in [0.29, 0.717) is 23.4 Å². The van der Waals surface area contributed by atoms with Crippen molar-refractivity contribution >= 4 is 29.5 Å². The van der Waals surface area contributed by atoms with Gasteiger partial charge < -0.3 is 9.73 Å². The van der Waals surface area contributed by atoms with Gasteiger partial charge >= 0.3 is 0 Å². The number of hydrogen-bond acceptors (Lipinski definition) is 4. The van der Waals surface area contributed by atoms with Crippen molar-refractivity contribution < 1.29 is 18.8 Å². The van der Waals surface area contributed by atoms with E-state index in [1.54, 1.807) is 43.3 Å². The summed E-state index contributed by atoms with van der Waals surface area (Å²) >= 11 is 0. The van der Waals surface area contributed by atoms with Gasteiger partial charge in [0.05, 0.1) is 6.26 Å². The van der Waals surface area contributed by atoms with Crippen LogP contribution >= 0.6 is 0 Å². The van der Waals surface area contributed by atoms with E-state index in [9.17, 15) is 14.4 Å². The van der Waals surface area contributed by atoms with Gasteiger partial charge in [-0.1, -0.05) is 6.92 Å². The Morgan fingerprint density at radius 1 is 1.08 bits per heavy atom. The van der Waals surface area contributed by atoms with Crippen LogP contribution in [-0.2, 0) is 9.59 Å². The van der Waals surface area contributed by atoms with Crippen LogP contribution in [0.15, 0.2) is 53.2 Å². The number of amides is 3. The second-order valence-electron chi connectivity index (χ2n) is 4.77. The molecule has 3 amide bonds. The topological polar surface area (TPSA) is 100 Å². The van der Waals surface area contributed by atoms with Crippen LogP contribution in [0.3, 0.4) is 0 Å². The second kappa shape index (κ2) is 8.33. The Hall–Kier alpha value is -3.35. The maximum Gasteiger partial charge on any atom is 0.269 e. The summed E-state index contributed by atoms with van der Waals surface area (Å²) in [5.41, 5.74) is 5.50. The third kappa shape index (κ3) is 5.13. The Labute approximate surface area is 138 Å². The fourth-order valence-electron chi connectivity index (χ4n) is 1.73. The summed E-state index contributed by atoms with van der Waals surface area (Å²) in [6, 6.07) is 9.71. The lowest BCUT2D eigenvalue weighted by molar-refractivity contribution is -0.117. The van der Waals surface area contributed by atoms with Gasteiger partial charge in [0.2, 0.25) is 5.91 Å². The summed E-state index contributed by atoms with van der Waals surface area (Å²) in [7, 11) is 0. The summed E-state index contributed by atoms with van der Waals surface area (Å²) in [5, 5.41) is 2.68. The molecule has 0 unspecified atom stereocenters. The highest BCUT2D eigenvalue weighted by molar-refractivity contribution is 5.98. The van der Waals surface area contributed by atoms with Crippen molar-refractivity contribution in [3.63, 3.8) is 0 Å². The van der Waals surface area contributed by atoms with Crippen LogP contribution in [0.5, 0.6) is 0 Å². The van der Waals surface area contributed by atoms with Crippen molar-refractivity contribution in [2.24, 2.45) is 0 Å².